The molecule has 1 aromatic carbocycles. The zero-order valence-electron chi connectivity index (χ0n) is 12.6. The van der Waals surface area contributed by atoms with Crippen LogP contribution in [0.2, 0.25) is 0 Å². The number of rotatable bonds is 4. The number of oxime groups is 1. The molecule has 4 nitrogen and oxygen atoms in total. The van der Waals surface area contributed by atoms with Gasteiger partial charge in [0.1, 0.15) is 12.7 Å². The monoisotopic (exact) mass is 275 g/mol. The van der Waals surface area contributed by atoms with Crippen molar-refractivity contribution in [1.29, 1.82) is 0 Å². The molecule has 0 aliphatic heterocycles. The van der Waals surface area contributed by atoms with Crippen molar-refractivity contribution in [1.82, 2.24) is 0 Å². The van der Waals surface area contributed by atoms with Gasteiger partial charge >= 0.3 is 5.97 Å². The lowest BCUT2D eigenvalue weighted by Gasteiger charge is -2.17. The number of aryl methyl sites for hydroxylation is 1. The van der Waals surface area contributed by atoms with E-state index in [0.717, 1.165) is 16.7 Å². The summed E-state index contributed by atoms with van der Waals surface area (Å²) in [6.45, 7) is 7.50. The third-order valence-corrected chi connectivity index (χ3v) is 2.35. The minimum absolute atomic E-state index is 0.368. The molecule has 0 saturated carbocycles. The van der Waals surface area contributed by atoms with Crippen LogP contribution in [0.1, 0.15) is 37.5 Å². The lowest BCUT2D eigenvalue weighted by atomic mass is 10.0. The maximum Gasteiger partial charge on any atom is 0.331 e. The lowest BCUT2D eigenvalue weighted by molar-refractivity contribution is -0.148. The number of nitrogens with zero attached hydrogens (tertiary/aromatic N) is 1. The summed E-state index contributed by atoms with van der Waals surface area (Å²) < 4.78 is 5.22. The van der Waals surface area contributed by atoms with E-state index in [1.807, 2.05) is 45.9 Å². The topological polar surface area (TPSA) is 47.9 Å². The second kappa shape index (κ2) is 6.89. The standard InChI is InChI=1S/C16H21NO3/c1-12-6-7-13(14(10-12)11-17-19-5)8-9-15(18)20-16(2,3)4/h6-11H,1-5H3/b9-8+,17-11+. The Hall–Kier alpha value is -2.10. The van der Waals surface area contributed by atoms with Gasteiger partial charge in [-0.3, -0.25) is 0 Å². The molecule has 108 valence electrons. The van der Waals surface area contributed by atoms with E-state index in [9.17, 15) is 4.79 Å². The molecule has 0 bridgehead atoms. The summed E-state index contributed by atoms with van der Waals surface area (Å²) >= 11 is 0. The van der Waals surface area contributed by atoms with E-state index in [4.69, 9.17) is 4.74 Å². The summed E-state index contributed by atoms with van der Waals surface area (Å²) in [5.41, 5.74) is 2.38. The third kappa shape index (κ3) is 5.69. The average molecular weight is 275 g/mol. The fourth-order valence-electron chi connectivity index (χ4n) is 1.56. The molecule has 0 unspecified atom stereocenters. The summed E-state index contributed by atoms with van der Waals surface area (Å²) in [5, 5.41) is 3.76. The van der Waals surface area contributed by atoms with Crippen molar-refractivity contribution in [2.75, 3.05) is 7.11 Å². The Balaban J connectivity index is 2.91. The molecule has 0 atom stereocenters. The predicted octanol–water partition coefficient (Wildman–Crippen LogP) is 3.33. The quantitative estimate of drug-likeness (QED) is 0.366. The van der Waals surface area contributed by atoms with Gasteiger partial charge in [-0.25, -0.2) is 4.79 Å². The number of carbonyl (C=O) groups excluding carboxylic acids is 1. The van der Waals surface area contributed by atoms with E-state index < -0.39 is 5.60 Å². The molecule has 0 spiro atoms. The summed E-state index contributed by atoms with van der Waals surface area (Å²) in [6, 6.07) is 5.86. The Morgan fingerprint density at radius 1 is 1.25 bits per heavy atom. The maximum absolute atomic E-state index is 11.7. The highest BCUT2D eigenvalue weighted by atomic mass is 16.6. The summed E-state index contributed by atoms with van der Waals surface area (Å²) in [6.07, 6.45) is 4.74. The van der Waals surface area contributed by atoms with Gasteiger partial charge in [0.25, 0.3) is 0 Å². The van der Waals surface area contributed by atoms with Crippen molar-refractivity contribution in [2.45, 2.75) is 33.3 Å². The second-order valence-corrected chi connectivity index (χ2v) is 5.42. The van der Waals surface area contributed by atoms with Gasteiger partial charge in [-0.15, -0.1) is 0 Å². The molecule has 0 amide bonds. The first kappa shape index (κ1) is 16.0. The molecule has 0 fully saturated rings. The van der Waals surface area contributed by atoms with Crippen LogP contribution in [0.3, 0.4) is 0 Å². The molecule has 1 rings (SSSR count). The maximum atomic E-state index is 11.7. The van der Waals surface area contributed by atoms with E-state index in [2.05, 4.69) is 9.99 Å². The number of ether oxygens (including phenoxy) is 1. The fourth-order valence-corrected chi connectivity index (χ4v) is 1.56. The highest BCUT2D eigenvalue weighted by Crippen LogP contribution is 2.13. The minimum atomic E-state index is -0.491. The van der Waals surface area contributed by atoms with Crippen molar-refractivity contribution in [3.63, 3.8) is 0 Å². The van der Waals surface area contributed by atoms with Gasteiger partial charge < -0.3 is 9.57 Å². The molecule has 0 aromatic heterocycles. The predicted molar refractivity (Wildman–Crippen MR) is 80.7 cm³/mol. The van der Waals surface area contributed by atoms with E-state index in [-0.39, 0.29) is 5.97 Å². The van der Waals surface area contributed by atoms with Gasteiger partial charge in [-0.05, 0) is 45.4 Å². The van der Waals surface area contributed by atoms with Crippen LogP contribution in [0.25, 0.3) is 6.08 Å². The van der Waals surface area contributed by atoms with Gasteiger partial charge in [0, 0.05) is 11.6 Å². The Bertz CT molecular complexity index is 525. The smallest absolute Gasteiger partial charge is 0.331 e. The van der Waals surface area contributed by atoms with Crippen molar-refractivity contribution in [3.8, 4) is 0 Å². The first-order valence-corrected chi connectivity index (χ1v) is 6.40. The number of benzene rings is 1. The van der Waals surface area contributed by atoms with Gasteiger partial charge in [-0.1, -0.05) is 22.9 Å². The van der Waals surface area contributed by atoms with Crippen LogP contribution in [0.4, 0.5) is 0 Å². The largest absolute Gasteiger partial charge is 0.457 e. The number of hydrogen-bond donors (Lipinski definition) is 0. The zero-order chi connectivity index (χ0) is 15.2. The van der Waals surface area contributed by atoms with Gasteiger partial charge in [-0.2, -0.15) is 0 Å². The third-order valence-electron chi connectivity index (χ3n) is 2.35. The van der Waals surface area contributed by atoms with Crippen LogP contribution in [0.5, 0.6) is 0 Å². The van der Waals surface area contributed by atoms with Gasteiger partial charge in [0.2, 0.25) is 0 Å². The van der Waals surface area contributed by atoms with E-state index >= 15 is 0 Å². The van der Waals surface area contributed by atoms with Crippen LogP contribution < -0.4 is 0 Å². The molecule has 0 aliphatic rings. The molecule has 20 heavy (non-hydrogen) atoms. The second-order valence-electron chi connectivity index (χ2n) is 5.42. The Morgan fingerprint density at radius 2 is 1.95 bits per heavy atom. The van der Waals surface area contributed by atoms with Crippen LogP contribution in [-0.4, -0.2) is 24.9 Å². The fraction of sp³-hybridized carbons (Fsp3) is 0.375. The van der Waals surface area contributed by atoms with Crippen LogP contribution in [-0.2, 0) is 14.4 Å². The normalized spacial score (nSPS) is 12.1. The van der Waals surface area contributed by atoms with E-state index in [0.29, 0.717) is 0 Å². The van der Waals surface area contributed by atoms with E-state index in [1.54, 1.807) is 12.3 Å². The molecule has 0 saturated heterocycles. The Labute approximate surface area is 120 Å². The van der Waals surface area contributed by atoms with Crippen LogP contribution in [0, 0.1) is 6.92 Å². The highest BCUT2D eigenvalue weighted by Gasteiger charge is 2.13. The first-order chi connectivity index (χ1) is 9.31. The lowest BCUT2D eigenvalue weighted by Crippen LogP contribution is -2.22. The van der Waals surface area contributed by atoms with Gasteiger partial charge in [0.05, 0.1) is 6.21 Å². The van der Waals surface area contributed by atoms with Crippen molar-refractivity contribution < 1.29 is 14.4 Å². The molecule has 0 radical (unpaired) electrons. The van der Waals surface area contributed by atoms with Crippen LogP contribution in [0.15, 0.2) is 29.4 Å². The molecular weight excluding hydrogens is 254 g/mol. The zero-order valence-corrected chi connectivity index (χ0v) is 12.6. The molecule has 0 aliphatic carbocycles. The highest BCUT2D eigenvalue weighted by molar-refractivity contribution is 5.91. The van der Waals surface area contributed by atoms with Gasteiger partial charge in [0.15, 0.2) is 0 Å². The summed E-state index contributed by atoms with van der Waals surface area (Å²) in [4.78, 5) is 16.3. The molecule has 0 N–H and O–H groups in total. The molecule has 4 heteroatoms. The van der Waals surface area contributed by atoms with Crippen LogP contribution >= 0.6 is 0 Å². The summed E-state index contributed by atoms with van der Waals surface area (Å²) in [5.74, 6) is -0.368. The molecule has 0 heterocycles. The SMILES string of the molecule is CO/N=C/c1cc(C)ccc1/C=C/C(=O)OC(C)(C)C. The van der Waals surface area contributed by atoms with E-state index in [1.165, 1.54) is 13.2 Å². The number of carbonyl (C=O) groups is 1. The number of hydrogen-bond acceptors (Lipinski definition) is 4. The van der Waals surface area contributed by atoms with Crippen molar-refractivity contribution in [2.24, 2.45) is 5.16 Å². The minimum Gasteiger partial charge on any atom is -0.457 e. The Morgan fingerprint density at radius 3 is 2.55 bits per heavy atom. The molecule has 1 aromatic rings. The summed E-state index contributed by atoms with van der Waals surface area (Å²) in [7, 11) is 1.49. The number of esters is 1. The van der Waals surface area contributed by atoms with Crippen molar-refractivity contribution in [3.05, 3.63) is 41.0 Å². The average Bonchev–Trinajstić information content (AvgIpc) is 2.33. The first-order valence-electron chi connectivity index (χ1n) is 6.40. The Kier molecular flexibility index (Phi) is 5.50. The van der Waals surface area contributed by atoms with Crippen molar-refractivity contribution >= 4 is 18.3 Å². The molecular formula is C16H21NO3.